The Bertz CT molecular complexity index is 442. The fraction of sp³-hybridized carbons (Fsp3) is 0.625. The van der Waals surface area contributed by atoms with E-state index in [1.54, 1.807) is 0 Å². The van der Waals surface area contributed by atoms with Gasteiger partial charge in [0.2, 0.25) is 0 Å². The number of hydrogen-bond acceptors (Lipinski definition) is 2. The number of anilines is 1. The van der Waals surface area contributed by atoms with Crippen molar-refractivity contribution in [2.75, 3.05) is 18.8 Å². The van der Waals surface area contributed by atoms with Gasteiger partial charge in [-0.15, -0.1) is 0 Å². The summed E-state index contributed by atoms with van der Waals surface area (Å²) in [5.74, 6) is 0. The van der Waals surface area contributed by atoms with Gasteiger partial charge in [-0.3, -0.25) is 4.90 Å². The summed E-state index contributed by atoms with van der Waals surface area (Å²) in [6.07, 6.45) is 8.69. The van der Waals surface area contributed by atoms with Crippen molar-refractivity contribution >= 4 is 21.6 Å². The third-order valence-corrected chi connectivity index (χ3v) is 5.79. The van der Waals surface area contributed by atoms with Crippen LogP contribution in [-0.2, 0) is 6.54 Å². The highest BCUT2D eigenvalue weighted by Gasteiger charge is 2.36. The third kappa shape index (κ3) is 2.97. The van der Waals surface area contributed by atoms with Crippen molar-refractivity contribution in [3.63, 3.8) is 0 Å². The number of nitrogen functional groups attached to an aromatic ring is 1. The Morgan fingerprint density at radius 1 is 1.11 bits per heavy atom. The van der Waals surface area contributed by atoms with E-state index < -0.39 is 0 Å². The van der Waals surface area contributed by atoms with Crippen molar-refractivity contribution in [1.82, 2.24) is 4.90 Å². The van der Waals surface area contributed by atoms with Crippen LogP contribution in [0.3, 0.4) is 0 Å². The fourth-order valence-electron chi connectivity index (χ4n) is 3.74. The van der Waals surface area contributed by atoms with Crippen LogP contribution in [0.1, 0.15) is 44.1 Å². The van der Waals surface area contributed by atoms with Gasteiger partial charge in [-0.05, 0) is 61.9 Å². The molecule has 1 aliphatic carbocycles. The number of hydrogen-bond donors (Lipinski definition) is 1. The number of benzene rings is 1. The van der Waals surface area contributed by atoms with Crippen LogP contribution in [0.4, 0.5) is 5.69 Å². The van der Waals surface area contributed by atoms with Crippen LogP contribution in [-0.4, -0.2) is 18.0 Å². The van der Waals surface area contributed by atoms with E-state index in [-0.39, 0.29) is 0 Å². The SMILES string of the molecule is Nc1ccc(CN2CCC3(CCCC3)CC2)c(Br)c1. The first kappa shape index (κ1) is 13.4. The molecule has 0 unspecified atom stereocenters. The van der Waals surface area contributed by atoms with E-state index in [1.165, 1.54) is 57.2 Å². The molecule has 1 saturated heterocycles. The number of rotatable bonds is 2. The van der Waals surface area contributed by atoms with Crippen LogP contribution in [0.15, 0.2) is 22.7 Å². The molecule has 0 bridgehead atoms. The monoisotopic (exact) mass is 322 g/mol. The van der Waals surface area contributed by atoms with Crippen molar-refractivity contribution in [2.24, 2.45) is 5.41 Å². The minimum Gasteiger partial charge on any atom is -0.399 e. The second-order valence-electron chi connectivity index (χ2n) is 6.33. The average Bonchev–Trinajstić information content (AvgIpc) is 2.84. The molecule has 2 aliphatic rings. The van der Waals surface area contributed by atoms with Gasteiger partial charge in [-0.1, -0.05) is 34.8 Å². The summed E-state index contributed by atoms with van der Waals surface area (Å²) < 4.78 is 1.15. The Labute approximate surface area is 124 Å². The maximum atomic E-state index is 5.80. The van der Waals surface area contributed by atoms with Gasteiger partial charge in [-0.25, -0.2) is 0 Å². The third-order valence-electron chi connectivity index (χ3n) is 5.05. The Balaban J connectivity index is 1.60. The Kier molecular flexibility index (Phi) is 3.86. The molecule has 2 nitrogen and oxygen atoms in total. The lowest BCUT2D eigenvalue weighted by molar-refractivity contribution is 0.103. The predicted octanol–water partition coefficient (Wildman–Crippen LogP) is 4.19. The molecule has 19 heavy (non-hydrogen) atoms. The molecule has 1 aliphatic heterocycles. The van der Waals surface area contributed by atoms with Gasteiger partial charge in [0, 0.05) is 16.7 Å². The summed E-state index contributed by atoms with van der Waals surface area (Å²) in [6, 6.07) is 6.17. The predicted molar refractivity (Wildman–Crippen MR) is 84.0 cm³/mol. The Morgan fingerprint density at radius 3 is 2.42 bits per heavy atom. The Morgan fingerprint density at radius 2 is 1.79 bits per heavy atom. The van der Waals surface area contributed by atoms with Crippen molar-refractivity contribution in [1.29, 1.82) is 0 Å². The summed E-state index contributed by atoms with van der Waals surface area (Å²) in [5.41, 5.74) is 8.70. The van der Waals surface area contributed by atoms with Gasteiger partial charge < -0.3 is 5.73 Å². The van der Waals surface area contributed by atoms with Crippen LogP contribution in [0.2, 0.25) is 0 Å². The smallest absolute Gasteiger partial charge is 0.0325 e. The normalized spacial score (nSPS) is 23.0. The lowest BCUT2D eigenvalue weighted by atomic mass is 9.77. The maximum absolute atomic E-state index is 5.80. The molecule has 1 saturated carbocycles. The van der Waals surface area contributed by atoms with Crippen LogP contribution >= 0.6 is 15.9 Å². The molecule has 0 radical (unpaired) electrons. The summed E-state index contributed by atoms with van der Waals surface area (Å²) in [5, 5.41) is 0. The highest BCUT2D eigenvalue weighted by Crippen LogP contribution is 2.46. The molecule has 0 amide bonds. The van der Waals surface area contributed by atoms with Crippen molar-refractivity contribution in [3.8, 4) is 0 Å². The first-order valence-electron chi connectivity index (χ1n) is 7.43. The van der Waals surface area contributed by atoms with Crippen LogP contribution in [0, 0.1) is 5.41 Å². The highest BCUT2D eigenvalue weighted by atomic mass is 79.9. The minimum atomic E-state index is 0.717. The Hall–Kier alpha value is -0.540. The van der Waals surface area contributed by atoms with Crippen LogP contribution in [0.5, 0.6) is 0 Å². The van der Waals surface area contributed by atoms with Crippen molar-refractivity contribution in [2.45, 2.75) is 45.1 Å². The van der Waals surface area contributed by atoms with Gasteiger partial charge in [0.25, 0.3) is 0 Å². The molecule has 1 spiro atoms. The van der Waals surface area contributed by atoms with Crippen LogP contribution < -0.4 is 5.73 Å². The summed E-state index contributed by atoms with van der Waals surface area (Å²) in [7, 11) is 0. The molecular weight excluding hydrogens is 300 g/mol. The second kappa shape index (κ2) is 5.45. The van der Waals surface area contributed by atoms with Gasteiger partial charge >= 0.3 is 0 Å². The van der Waals surface area contributed by atoms with E-state index in [0.29, 0.717) is 0 Å². The lowest BCUT2D eigenvalue weighted by Gasteiger charge is -2.39. The van der Waals surface area contributed by atoms with Gasteiger partial charge in [0.05, 0.1) is 0 Å². The van der Waals surface area contributed by atoms with E-state index in [2.05, 4.69) is 26.9 Å². The van der Waals surface area contributed by atoms with Crippen molar-refractivity contribution in [3.05, 3.63) is 28.2 Å². The number of halogens is 1. The summed E-state index contributed by atoms with van der Waals surface area (Å²) in [4.78, 5) is 2.60. The fourth-order valence-corrected chi connectivity index (χ4v) is 4.27. The van der Waals surface area contributed by atoms with Gasteiger partial charge in [0.15, 0.2) is 0 Å². The quantitative estimate of drug-likeness (QED) is 0.827. The summed E-state index contributed by atoms with van der Waals surface area (Å²) in [6.45, 7) is 3.57. The first-order chi connectivity index (χ1) is 9.17. The van der Waals surface area contributed by atoms with Gasteiger partial charge in [0.1, 0.15) is 0 Å². The number of nitrogens with two attached hydrogens (primary N) is 1. The minimum absolute atomic E-state index is 0.717. The number of nitrogens with zero attached hydrogens (tertiary/aromatic N) is 1. The van der Waals surface area contributed by atoms with E-state index >= 15 is 0 Å². The molecule has 0 aromatic heterocycles. The molecule has 3 rings (SSSR count). The van der Waals surface area contributed by atoms with Gasteiger partial charge in [-0.2, -0.15) is 0 Å². The summed E-state index contributed by atoms with van der Waals surface area (Å²) >= 11 is 3.63. The first-order valence-corrected chi connectivity index (χ1v) is 8.23. The largest absolute Gasteiger partial charge is 0.399 e. The molecule has 104 valence electrons. The topological polar surface area (TPSA) is 29.3 Å². The highest BCUT2D eigenvalue weighted by molar-refractivity contribution is 9.10. The van der Waals surface area contributed by atoms with E-state index in [0.717, 1.165) is 22.1 Å². The molecule has 1 aromatic rings. The van der Waals surface area contributed by atoms with E-state index in [9.17, 15) is 0 Å². The van der Waals surface area contributed by atoms with E-state index in [4.69, 9.17) is 5.73 Å². The molecule has 1 aromatic carbocycles. The second-order valence-corrected chi connectivity index (χ2v) is 7.19. The zero-order valence-corrected chi connectivity index (χ0v) is 13.1. The number of piperidine rings is 1. The zero-order valence-electron chi connectivity index (χ0n) is 11.5. The maximum Gasteiger partial charge on any atom is 0.0325 e. The van der Waals surface area contributed by atoms with E-state index in [1.807, 2.05) is 12.1 Å². The molecule has 2 N–H and O–H groups in total. The average molecular weight is 323 g/mol. The molecular formula is C16H23BrN2. The molecule has 2 fully saturated rings. The standard InChI is InChI=1S/C16H23BrN2/c17-15-11-14(18)4-3-13(15)12-19-9-7-16(8-10-19)5-1-2-6-16/h3-4,11H,1-2,5-10,12,18H2. The molecule has 1 heterocycles. The molecule has 3 heteroatoms. The van der Waals surface area contributed by atoms with Crippen LogP contribution in [0.25, 0.3) is 0 Å². The van der Waals surface area contributed by atoms with Crippen molar-refractivity contribution < 1.29 is 0 Å². The lowest BCUT2D eigenvalue weighted by Crippen LogP contribution is -2.38. The molecule has 0 atom stereocenters. The zero-order chi connectivity index (χ0) is 13.3. The number of likely N-dealkylation sites (tertiary alicyclic amines) is 1.